The summed E-state index contributed by atoms with van der Waals surface area (Å²) >= 11 is 0. The van der Waals surface area contributed by atoms with E-state index in [4.69, 9.17) is 10.5 Å². The molecule has 0 spiro atoms. The molecule has 18 heavy (non-hydrogen) atoms. The fourth-order valence-electron chi connectivity index (χ4n) is 2.91. The van der Waals surface area contributed by atoms with Crippen LogP contribution >= 0.6 is 0 Å². The fraction of sp³-hybridized carbons (Fsp3) is 0.600. The third kappa shape index (κ3) is 2.30. The van der Waals surface area contributed by atoms with Crippen molar-refractivity contribution in [2.24, 2.45) is 5.73 Å². The molecule has 98 valence electrons. The summed E-state index contributed by atoms with van der Waals surface area (Å²) in [7, 11) is 2.16. The van der Waals surface area contributed by atoms with Crippen molar-refractivity contribution < 1.29 is 4.74 Å². The SMILES string of the molecule is CN1CCOC(CN)C1c1ccc(C2CC2)cc1. The van der Waals surface area contributed by atoms with Crippen molar-refractivity contribution in [3.63, 3.8) is 0 Å². The van der Waals surface area contributed by atoms with Gasteiger partial charge in [-0.1, -0.05) is 24.3 Å². The second kappa shape index (κ2) is 5.00. The molecule has 0 radical (unpaired) electrons. The first-order valence-electron chi connectivity index (χ1n) is 6.91. The Kier molecular flexibility index (Phi) is 3.37. The Morgan fingerprint density at radius 1 is 1.22 bits per heavy atom. The van der Waals surface area contributed by atoms with Gasteiger partial charge in [-0.3, -0.25) is 4.90 Å². The minimum Gasteiger partial charge on any atom is -0.374 e. The average molecular weight is 246 g/mol. The van der Waals surface area contributed by atoms with Crippen molar-refractivity contribution in [3.8, 4) is 0 Å². The quantitative estimate of drug-likeness (QED) is 0.885. The maximum Gasteiger partial charge on any atom is 0.0894 e. The zero-order valence-electron chi connectivity index (χ0n) is 11.0. The van der Waals surface area contributed by atoms with Gasteiger partial charge in [0.15, 0.2) is 0 Å². The maximum atomic E-state index is 5.83. The minimum absolute atomic E-state index is 0.121. The monoisotopic (exact) mass is 246 g/mol. The molecule has 1 saturated heterocycles. The number of benzene rings is 1. The predicted molar refractivity (Wildman–Crippen MR) is 72.6 cm³/mol. The van der Waals surface area contributed by atoms with Gasteiger partial charge in [0.25, 0.3) is 0 Å². The van der Waals surface area contributed by atoms with Crippen LogP contribution in [0.1, 0.15) is 35.9 Å². The van der Waals surface area contributed by atoms with Gasteiger partial charge in [-0.05, 0) is 36.9 Å². The van der Waals surface area contributed by atoms with Gasteiger partial charge in [0, 0.05) is 13.1 Å². The van der Waals surface area contributed by atoms with Crippen LogP contribution in [0.25, 0.3) is 0 Å². The first kappa shape index (κ1) is 12.2. The van der Waals surface area contributed by atoms with Gasteiger partial charge < -0.3 is 10.5 Å². The molecule has 1 aliphatic heterocycles. The summed E-state index contributed by atoms with van der Waals surface area (Å²) in [6.45, 7) is 2.35. The van der Waals surface area contributed by atoms with Gasteiger partial charge in [-0.2, -0.15) is 0 Å². The van der Waals surface area contributed by atoms with E-state index in [0.29, 0.717) is 12.6 Å². The Morgan fingerprint density at radius 2 is 1.89 bits per heavy atom. The lowest BCUT2D eigenvalue weighted by Crippen LogP contribution is -2.46. The van der Waals surface area contributed by atoms with E-state index in [1.807, 2.05) is 0 Å². The predicted octanol–water partition coefficient (Wildman–Crippen LogP) is 1.89. The Morgan fingerprint density at radius 3 is 2.50 bits per heavy atom. The molecule has 1 heterocycles. The van der Waals surface area contributed by atoms with Crippen LogP contribution in [0.4, 0.5) is 0 Å². The van der Waals surface area contributed by atoms with Crippen LogP contribution < -0.4 is 5.73 Å². The van der Waals surface area contributed by atoms with Crippen molar-refractivity contribution in [1.29, 1.82) is 0 Å². The number of hydrogen-bond donors (Lipinski definition) is 1. The normalized spacial score (nSPS) is 29.4. The highest BCUT2D eigenvalue weighted by atomic mass is 16.5. The molecule has 0 amide bonds. The van der Waals surface area contributed by atoms with Crippen LogP contribution in [-0.2, 0) is 4.74 Å². The van der Waals surface area contributed by atoms with Crippen LogP contribution in [0, 0.1) is 0 Å². The summed E-state index contributed by atoms with van der Waals surface area (Å²) in [5.41, 5.74) is 8.65. The zero-order valence-corrected chi connectivity index (χ0v) is 11.0. The van der Waals surface area contributed by atoms with Crippen molar-refractivity contribution in [1.82, 2.24) is 4.90 Å². The molecular formula is C15H22N2O. The molecule has 2 N–H and O–H groups in total. The second-order valence-corrected chi connectivity index (χ2v) is 5.51. The summed E-state index contributed by atoms with van der Waals surface area (Å²) < 4.78 is 5.79. The molecule has 1 aromatic carbocycles. The third-order valence-corrected chi connectivity index (χ3v) is 4.16. The number of hydrogen-bond acceptors (Lipinski definition) is 3. The molecule has 0 bridgehead atoms. The van der Waals surface area contributed by atoms with Gasteiger partial charge in [0.05, 0.1) is 18.8 Å². The molecule has 0 aromatic heterocycles. The number of rotatable bonds is 3. The third-order valence-electron chi connectivity index (χ3n) is 4.16. The molecule has 2 unspecified atom stereocenters. The lowest BCUT2D eigenvalue weighted by molar-refractivity contribution is -0.0576. The number of nitrogens with two attached hydrogens (primary N) is 1. The Balaban J connectivity index is 1.81. The zero-order chi connectivity index (χ0) is 12.5. The molecule has 2 fully saturated rings. The van der Waals surface area contributed by atoms with E-state index in [1.54, 1.807) is 0 Å². The Labute approximate surface area is 109 Å². The highest BCUT2D eigenvalue weighted by Gasteiger charge is 2.31. The lowest BCUT2D eigenvalue weighted by atomic mass is 9.96. The van der Waals surface area contributed by atoms with Gasteiger partial charge in [-0.25, -0.2) is 0 Å². The molecule has 2 atom stereocenters. The van der Waals surface area contributed by atoms with Crippen molar-refractivity contribution in [2.45, 2.75) is 30.9 Å². The van der Waals surface area contributed by atoms with Crippen LogP contribution in [0.2, 0.25) is 0 Å². The summed E-state index contributed by atoms with van der Waals surface area (Å²) in [6, 6.07) is 9.38. The van der Waals surface area contributed by atoms with Crippen molar-refractivity contribution in [2.75, 3.05) is 26.7 Å². The number of morpholine rings is 1. The Hall–Kier alpha value is -0.900. The van der Waals surface area contributed by atoms with Gasteiger partial charge in [-0.15, -0.1) is 0 Å². The fourth-order valence-corrected chi connectivity index (χ4v) is 2.91. The lowest BCUT2D eigenvalue weighted by Gasteiger charge is -2.39. The van der Waals surface area contributed by atoms with E-state index in [0.717, 1.165) is 19.1 Å². The second-order valence-electron chi connectivity index (χ2n) is 5.51. The molecule has 3 nitrogen and oxygen atoms in total. The molecular weight excluding hydrogens is 224 g/mol. The van der Waals surface area contributed by atoms with Gasteiger partial charge in [0.2, 0.25) is 0 Å². The topological polar surface area (TPSA) is 38.5 Å². The van der Waals surface area contributed by atoms with E-state index < -0.39 is 0 Å². The van der Waals surface area contributed by atoms with E-state index >= 15 is 0 Å². The number of nitrogens with zero attached hydrogens (tertiary/aromatic N) is 1. The van der Waals surface area contributed by atoms with Crippen molar-refractivity contribution >= 4 is 0 Å². The standard InChI is InChI=1S/C15H22N2O/c1-17-8-9-18-14(10-16)15(17)13-6-4-12(5-7-13)11-2-3-11/h4-7,11,14-15H,2-3,8-10,16H2,1H3. The molecule has 2 aliphatic rings. The molecule has 3 heteroatoms. The van der Waals surface area contributed by atoms with Crippen LogP contribution in [-0.4, -0.2) is 37.7 Å². The van der Waals surface area contributed by atoms with Gasteiger partial charge >= 0.3 is 0 Å². The largest absolute Gasteiger partial charge is 0.374 e. The average Bonchev–Trinajstić information content (AvgIpc) is 3.23. The van der Waals surface area contributed by atoms with E-state index in [1.165, 1.54) is 24.0 Å². The summed E-state index contributed by atoms with van der Waals surface area (Å²) in [5, 5.41) is 0. The highest BCUT2D eigenvalue weighted by Crippen LogP contribution is 2.40. The Bertz CT molecular complexity index is 399. The first-order chi connectivity index (χ1) is 8.79. The smallest absolute Gasteiger partial charge is 0.0894 e. The maximum absolute atomic E-state index is 5.83. The molecule has 1 aliphatic carbocycles. The van der Waals surface area contributed by atoms with Crippen LogP contribution in [0.15, 0.2) is 24.3 Å². The minimum atomic E-state index is 0.121. The molecule has 1 saturated carbocycles. The van der Waals surface area contributed by atoms with E-state index in [9.17, 15) is 0 Å². The first-order valence-corrected chi connectivity index (χ1v) is 6.91. The van der Waals surface area contributed by atoms with E-state index in [-0.39, 0.29) is 6.10 Å². The van der Waals surface area contributed by atoms with Crippen LogP contribution in [0.5, 0.6) is 0 Å². The van der Waals surface area contributed by atoms with E-state index in [2.05, 4.69) is 36.2 Å². The highest BCUT2D eigenvalue weighted by molar-refractivity contribution is 5.30. The number of ether oxygens (including phenoxy) is 1. The summed E-state index contributed by atoms with van der Waals surface area (Å²) in [6.07, 6.45) is 2.84. The van der Waals surface area contributed by atoms with Crippen molar-refractivity contribution in [3.05, 3.63) is 35.4 Å². The molecule has 1 aromatic rings. The summed E-state index contributed by atoms with van der Waals surface area (Å²) in [4.78, 5) is 2.35. The molecule has 3 rings (SSSR count). The van der Waals surface area contributed by atoms with Gasteiger partial charge in [0.1, 0.15) is 0 Å². The van der Waals surface area contributed by atoms with Crippen LogP contribution in [0.3, 0.4) is 0 Å². The summed E-state index contributed by atoms with van der Waals surface area (Å²) in [5.74, 6) is 0.824. The number of likely N-dealkylation sites (N-methyl/N-ethyl adjacent to an activating group) is 1.